The predicted octanol–water partition coefficient (Wildman–Crippen LogP) is 9.35. The molecule has 0 amide bonds. The number of esters is 1. The van der Waals surface area contributed by atoms with Crippen LogP contribution in [0.2, 0.25) is 0 Å². The molecule has 0 heterocycles. The first kappa shape index (κ1) is 30.6. The van der Waals surface area contributed by atoms with E-state index < -0.39 is 23.2 Å². The van der Waals surface area contributed by atoms with Crippen molar-refractivity contribution in [3.05, 3.63) is 53.4 Å². The van der Waals surface area contributed by atoms with E-state index in [1.54, 1.807) is 6.07 Å². The zero-order chi connectivity index (χ0) is 31.3. The van der Waals surface area contributed by atoms with Crippen LogP contribution in [0.1, 0.15) is 115 Å². The van der Waals surface area contributed by atoms with E-state index in [0.717, 1.165) is 63.4 Å². The Kier molecular flexibility index (Phi) is 6.96. The number of carbonyl (C=O) groups is 2. The van der Waals surface area contributed by atoms with E-state index in [0.29, 0.717) is 23.7 Å². The number of halogens is 1. The van der Waals surface area contributed by atoms with Gasteiger partial charge in [0.15, 0.2) is 0 Å². The van der Waals surface area contributed by atoms with Crippen LogP contribution < -0.4 is 0 Å². The molecule has 5 aliphatic carbocycles. The molecule has 9 unspecified atom stereocenters. The minimum atomic E-state index is -0.653. The third-order valence-corrected chi connectivity index (χ3v) is 14.8. The van der Waals surface area contributed by atoms with Gasteiger partial charge in [-0.3, -0.25) is 4.79 Å². The summed E-state index contributed by atoms with van der Waals surface area (Å²) in [6, 6.07) is 4.95. The number of carboxylic acid groups (broad SMARTS) is 1. The van der Waals surface area contributed by atoms with Crippen LogP contribution >= 0.6 is 0 Å². The molecule has 1 N–H and O–H groups in total. The van der Waals surface area contributed by atoms with Crippen LogP contribution in [-0.4, -0.2) is 24.2 Å². The van der Waals surface area contributed by atoms with E-state index in [1.165, 1.54) is 24.3 Å². The molecule has 43 heavy (non-hydrogen) atoms. The topological polar surface area (TPSA) is 63.6 Å². The average Bonchev–Trinajstić information content (AvgIpc) is 3.34. The molecule has 9 atom stereocenters. The fourth-order valence-corrected chi connectivity index (χ4v) is 12.6. The Morgan fingerprint density at radius 3 is 2.30 bits per heavy atom. The first-order valence-corrected chi connectivity index (χ1v) is 16.6. The molecule has 0 saturated heterocycles. The molecule has 234 valence electrons. The number of allylic oxidation sites excluding steroid dienone is 3. The number of carboxylic acids is 1. The second-order valence-corrected chi connectivity index (χ2v) is 16.4. The van der Waals surface area contributed by atoms with E-state index in [9.17, 15) is 14.7 Å². The van der Waals surface area contributed by atoms with Gasteiger partial charge in [-0.25, -0.2) is 9.18 Å². The summed E-state index contributed by atoms with van der Waals surface area (Å²) < 4.78 is 19.8. The summed E-state index contributed by atoms with van der Waals surface area (Å²) in [5.41, 5.74) is 2.73. The van der Waals surface area contributed by atoms with Gasteiger partial charge < -0.3 is 9.84 Å². The fourth-order valence-electron chi connectivity index (χ4n) is 12.6. The van der Waals surface area contributed by atoms with E-state index in [4.69, 9.17) is 4.74 Å². The lowest BCUT2D eigenvalue weighted by molar-refractivity contribution is -0.227. The lowest BCUT2D eigenvalue weighted by Gasteiger charge is -2.72. The van der Waals surface area contributed by atoms with Crippen LogP contribution in [0.25, 0.3) is 5.57 Å². The van der Waals surface area contributed by atoms with Crippen molar-refractivity contribution in [3.63, 3.8) is 0 Å². The zero-order valence-electron chi connectivity index (χ0n) is 27.3. The highest BCUT2D eigenvalue weighted by Gasteiger charge is 2.71. The van der Waals surface area contributed by atoms with Crippen molar-refractivity contribution in [2.45, 2.75) is 99.3 Å². The second-order valence-electron chi connectivity index (χ2n) is 16.4. The SMILES string of the molecule is C=C(C)C1CCC2(C(=O)O)CCC3(C)C(CCC4C5(C)CC=C(c6ccc(C(=O)OC)c(F)c6)C(C)(C)C5CCC43C)C12. The summed E-state index contributed by atoms with van der Waals surface area (Å²) >= 11 is 0. The first-order chi connectivity index (χ1) is 20.1. The van der Waals surface area contributed by atoms with Crippen molar-refractivity contribution >= 4 is 17.5 Å². The van der Waals surface area contributed by atoms with Crippen molar-refractivity contribution < 1.29 is 23.8 Å². The second kappa shape index (κ2) is 9.78. The molecular formula is C38H51FO4. The summed E-state index contributed by atoms with van der Waals surface area (Å²) in [5.74, 6) is 0.109. The van der Waals surface area contributed by atoms with Gasteiger partial charge in [-0.1, -0.05) is 58.9 Å². The van der Waals surface area contributed by atoms with Gasteiger partial charge in [0.25, 0.3) is 0 Å². The summed E-state index contributed by atoms with van der Waals surface area (Å²) in [6.45, 7) is 18.8. The van der Waals surface area contributed by atoms with Crippen LogP contribution in [-0.2, 0) is 9.53 Å². The van der Waals surface area contributed by atoms with Gasteiger partial charge in [0.1, 0.15) is 5.82 Å². The van der Waals surface area contributed by atoms with Crippen molar-refractivity contribution in [3.8, 4) is 0 Å². The Bertz CT molecular complexity index is 1410. The van der Waals surface area contributed by atoms with Gasteiger partial charge in [0.2, 0.25) is 0 Å². The highest BCUT2D eigenvalue weighted by Crippen LogP contribution is 2.77. The molecule has 4 nitrogen and oxygen atoms in total. The van der Waals surface area contributed by atoms with E-state index in [1.807, 2.05) is 6.07 Å². The monoisotopic (exact) mass is 590 g/mol. The summed E-state index contributed by atoms with van der Waals surface area (Å²) in [4.78, 5) is 25.0. The number of hydrogen-bond acceptors (Lipinski definition) is 3. The number of carbonyl (C=O) groups excluding carboxylic acids is 1. The van der Waals surface area contributed by atoms with Crippen molar-refractivity contribution in [1.82, 2.24) is 0 Å². The molecule has 4 saturated carbocycles. The molecule has 1 aromatic rings. The van der Waals surface area contributed by atoms with Gasteiger partial charge in [0, 0.05) is 0 Å². The van der Waals surface area contributed by atoms with Gasteiger partial charge >= 0.3 is 11.9 Å². The highest BCUT2D eigenvalue weighted by atomic mass is 19.1. The molecule has 0 bridgehead atoms. The van der Waals surface area contributed by atoms with Crippen LogP contribution in [0.3, 0.4) is 0 Å². The molecule has 0 radical (unpaired) electrons. The van der Waals surface area contributed by atoms with E-state index in [2.05, 4.69) is 54.2 Å². The van der Waals surface area contributed by atoms with Gasteiger partial charge in [-0.05, 0) is 139 Å². The van der Waals surface area contributed by atoms with E-state index in [-0.39, 0.29) is 33.1 Å². The lowest BCUT2D eigenvalue weighted by Crippen LogP contribution is -2.65. The minimum Gasteiger partial charge on any atom is -0.481 e. The first-order valence-electron chi connectivity index (χ1n) is 16.6. The highest BCUT2D eigenvalue weighted by molar-refractivity contribution is 5.90. The van der Waals surface area contributed by atoms with Crippen LogP contribution in [0.5, 0.6) is 0 Å². The molecular weight excluding hydrogens is 539 g/mol. The third-order valence-electron chi connectivity index (χ3n) is 14.8. The Morgan fingerprint density at radius 1 is 0.953 bits per heavy atom. The molecule has 5 heteroatoms. The van der Waals surface area contributed by atoms with Crippen LogP contribution in [0.4, 0.5) is 4.39 Å². The number of ether oxygens (including phenoxy) is 1. The van der Waals surface area contributed by atoms with Crippen LogP contribution in [0.15, 0.2) is 36.4 Å². The lowest BCUT2D eigenvalue weighted by atomic mass is 9.32. The largest absolute Gasteiger partial charge is 0.481 e. The van der Waals surface area contributed by atoms with Crippen molar-refractivity contribution in [2.24, 2.45) is 56.7 Å². The number of hydrogen-bond donors (Lipinski definition) is 1. The normalized spacial score (nSPS) is 42.9. The van der Waals surface area contributed by atoms with Gasteiger partial charge in [-0.15, -0.1) is 0 Å². The van der Waals surface area contributed by atoms with Gasteiger partial charge in [0.05, 0.1) is 18.1 Å². The zero-order valence-corrected chi connectivity index (χ0v) is 27.3. The molecule has 6 rings (SSSR count). The molecule has 0 aromatic heterocycles. The third kappa shape index (κ3) is 3.91. The maximum Gasteiger partial charge on any atom is 0.340 e. The predicted molar refractivity (Wildman–Crippen MR) is 168 cm³/mol. The molecule has 0 aliphatic heterocycles. The molecule has 4 fully saturated rings. The number of rotatable bonds is 4. The summed E-state index contributed by atoms with van der Waals surface area (Å²) in [7, 11) is 1.27. The summed E-state index contributed by atoms with van der Waals surface area (Å²) in [5, 5.41) is 10.6. The molecule has 5 aliphatic rings. The minimum absolute atomic E-state index is 0.0284. The van der Waals surface area contributed by atoms with Gasteiger partial charge in [-0.2, -0.15) is 0 Å². The Morgan fingerprint density at radius 2 is 1.67 bits per heavy atom. The molecule has 1 aromatic carbocycles. The number of fused-ring (bicyclic) bond motifs is 7. The Balaban J connectivity index is 1.37. The number of aliphatic carboxylic acids is 1. The van der Waals surface area contributed by atoms with Crippen molar-refractivity contribution in [2.75, 3.05) is 7.11 Å². The van der Waals surface area contributed by atoms with E-state index >= 15 is 4.39 Å². The fraction of sp³-hybridized carbons (Fsp3) is 0.684. The maximum absolute atomic E-state index is 15.1. The smallest absolute Gasteiger partial charge is 0.340 e. The van der Waals surface area contributed by atoms with Crippen LogP contribution in [0, 0.1) is 62.5 Å². The summed E-state index contributed by atoms with van der Waals surface area (Å²) in [6.07, 6.45) is 11.3. The Labute approximate surface area is 257 Å². The number of methoxy groups -OCH3 is 1. The standard InChI is InChI=1S/C38H51FO4/c1-22(2)24-13-18-38(33(41)42)20-19-36(6)27(31(24)38)11-12-30-35(5)16-14-26(34(3,4)29(35)15-17-37(30,36)7)23-9-10-25(28(39)21-23)32(40)43-8/h9-10,14,21,24,27,29-31H,1,11-13,15-20H2,2-8H3,(H,41,42). The quantitative estimate of drug-likeness (QED) is 0.280. The molecule has 0 spiro atoms. The average molecular weight is 591 g/mol. The maximum atomic E-state index is 15.1. The number of benzene rings is 1. The van der Waals surface area contributed by atoms with Crippen molar-refractivity contribution in [1.29, 1.82) is 0 Å². The Hall–Kier alpha value is -2.43.